The number of benzene rings is 2. The monoisotopic (exact) mass is 379 g/mol. The van der Waals surface area contributed by atoms with Crippen molar-refractivity contribution in [3.05, 3.63) is 71.2 Å². The SMILES string of the molecule is COc1cccc(-c2nc3n(n2)[C@@H](c2ccc(F)cc2)C(C(N)=O)=C(C)N3)c1. The van der Waals surface area contributed by atoms with E-state index in [9.17, 15) is 9.18 Å². The summed E-state index contributed by atoms with van der Waals surface area (Å²) < 4.78 is 20.3. The molecule has 142 valence electrons. The molecule has 0 aliphatic carbocycles. The molecule has 0 unspecified atom stereocenters. The van der Waals surface area contributed by atoms with Crippen molar-refractivity contribution < 1.29 is 13.9 Å². The average molecular weight is 379 g/mol. The minimum Gasteiger partial charge on any atom is -0.497 e. The lowest BCUT2D eigenvalue weighted by Gasteiger charge is -2.27. The lowest BCUT2D eigenvalue weighted by Crippen LogP contribution is -2.31. The maximum Gasteiger partial charge on any atom is 0.248 e. The minimum absolute atomic E-state index is 0.348. The van der Waals surface area contributed by atoms with Gasteiger partial charge >= 0.3 is 0 Å². The molecule has 1 aromatic heterocycles. The zero-order valence-corrected chi connectivity index (χ0v) is 15.3. The van der Waals surface area contributed by atoms with Gasteiger partial charge in [0.25, 0.3) is 0 Å². The van der Waals surface area contributed by atoms with Crippen molar-refractivity contribution in [1.82, 2.24) is 14.8 Å². The van der Waals surface area contributed by atoms with Gasteiger partial charge in [-0.3, -0.25) is 4.79 Å². The molecule has 28 heavy (non-hydrogen) atoms. The quantitative estimate of drug-likeness (QED) is 0.727. The fourth-order valence-electron chi connectivity index (χ4n) is 3.31. The Morgan fingerprint density at radius 1 is 1.25 bits per heavy atom. The number of anilines is 1. The number of primary amides is 1. The number of nitrogens with one attached hydrogen (secondary N) is 1. The van der Waals surface area contributed by atoms with Crippen LogP contribution in [0.4, 0.5) is 10.3 Å². The van der Waals surface area contributed by atoms with Gasteiger partial charge in [-0.1, -0.05) is 24.3 Å². The van der Waals surface area contributed by atoms with Crippen molar-refractivity contribution >= 4 is 11.9 Å². The third kappa shape index (κ3) is 2.98. The third-order valence-corrected chi connectivity index (χ3v) is 4.63. The molecule has 4 rings (SSSR count). The lowest BCUT2D eigenvalue weighted by molar-refractivity contribution is -0.115. The van der Waals surface area contributed by atoms with E-state index in [1.165, 1.54) is 12.1 Å². The van der Waals surface area contributed by atoms with E-state index in [4.69, 9.17) is 10.5 Å². The third-order valence-electron chi connectivity index (χ3n) is 4.63. The molecule has 0 bridgehead atoms. The Hall–Kier alpha value is -3.68. The second kappa shape index (κ2) is 6.80. The predicted molar refractivity (Wildman–Crippen MR) is 102 cm³/mol. The van der Waals surface area contributed by atoms with Gasteiger partial charge in [0, 0.05) is 11.3 Å². The van der Waals surface area contributed by atoms with E-state index in [-0.39, 0.29) is 5.82 Å². The number of carbonyl (C=O) groups is 1. The lowest BCUT2D eigenvalue weighted by atomic mass is 9.95. The van der Waals surface area contributed by atoms with Crippen molar-refractivity contribution in [3.63, 3.8) is 0 Å². The normalized spacial score (nSPS) is 15.8. The number of fused-ring (bicyclic) bond motifs is 1. The molecule has 0 saturated carbocycles. The Bertz CT molecular complexity index is 1090. The molecule has 2 aromatic carbocycles. The van der Waals surface area contributed by atoms with Crippen LogP contribution in [-0.4, -0.2) is 27.8 Å². The van der Waals surface area contributed by atoms with Gasteiger partial charge in [0.1, 0.15) is 17.6 Å². The highest BCUT2D eigenvalue weighted by Gasteiger charge is 2.33. The van der Waals surface area contributed by atoms with Crippen LogP contribution in [0.1, 0.15) is 18.5 Å². The topological polar surface area (TPSA) is 95.1 Å². The van der Waals surface area contributed by atoms with Crippen LogP contribution in [0.3, 0.4) is 0 Å². The summed E-state index contributed by atoms with van der Waals surface area (Å²) in [5.74, 6) is 0.667. The van der Waals surface area contributed by atoms with Crippen molar-refractivity contribution in [2.75, 3.05) is 12.4 Å². The first-order valence-electron chi connectivity index (χ1n) is 8.62. The second-order valence-corrected chi connectivity index (χ2v) is 6.42. The van der Waals surface area contributed by atoms with Crippen LogP contribution >= 0.6 is 0 Å². The fourth-order valence-corrected chi connectivity index (χ4v) is 3.31. The molecule has 3 aromatic rings. The van der Waals surface area contributed by atoms with Gasteiger partial charge in [-0.15, -0.1) is 5.10 Å². The van der Waals surface area contributed by atoms with Crippen LogP contribution in [0.2, 0.25) is 0 Å². The van der Waals surface area contributed by atoms with Crippen LogP contribution in [0.15, 0.2) is 59.8 Å². The summed E-state index contributed by atoms with van der Waals surface area (Å²) in [7, 11) is 1.59. The van der Waals surface area contributed by atoms with Gasteiger partial charge in [-0.25, -0.2) is 9.07 Å². The van der Waals surface area contributed by atoms with E-state index >= 15 is 0 Å². The Morgan fingerprint density at radius 3 is 2.68 bits per heavy atom. The number of aromatic nitrogens is 3. The van der Waals surface area contributed by atoms with Crippen molar-refractivity contribution in [3.8, 4) is 17.1 Å². The van der Waals surface area contributed by atoms with Gasteiger partial charge in [0.05, 0.1) is 12.7 Å². The summed E-state index contributed by atoms with van der Waals surface area (Å²) in [6.07, 6.45) is 0. The number of hydrogen-bond donors (Lipinski definition) is 2. The minimum atomic E-state index is -0.610. The molecule has 3 N–H and O–H groups in total. The van der Waals surface area contributed by atoms with Crippen molar-refractivity contribution in [2.24, 2.45) is 5.73 Å². The summed E-state index contributed by atoms with van der Waals surface area (Å²) in [4.78, 5) is 16.7. The first-order chi connectivity index (χ1) is 13.5. The number of amides is 1. The number of rotatable bonds is 4. The first kappa shape index (κ1) is 17.7. The molecule has 0 fully saturated rings. The zero-order chi connectivity index (χ0) is 19.8. The van der Waals surface area contributed by atoms with Crippen molar-refractivity contribution in [1.29, 1.82) is 0 Å². The maximum atomic E-state index is 13.4. The Labute approximate surface area is 160 Å². The highest BCUT2D eigenvalue weighted by molar-refractivity contribution is 5.95. The Morgan fingerprint density at radius 2 is 2.00 bits per heavy atom. The highest BCUT2D eigenvalue weighted by Crippen LogP contribution is 2.36. The van der Waals surface area contributed by atoms with Crippen LogP contribution < -0.4 is 15.8 Å². The standard InChI is InChI=1S/C20H18FN5O2/c1-11-16(18(22)27)17(12-6-8-14(21)9-7-12)26-20(23-11)24-19(25-26)13-4-3-5-15(10-13)28-2/h3-10,17H,1-2H3,(H2,22,27)(H,23,24,25)/t17-/m0/s1. The summed E-state index contributed by atoms with van der Waals surface area (Å²) in [5, 5.41) is 7.68. The van der Waals surface area contributed by atoms with Gasteiger partial charge in [-0.05, 0) is 36.8 Å². The summed E-state index contributed by atoms with van der Waals surface area (Å²) in [5.41, 5.74) is 8.01. The number of ether oxygens (including phenoxy) is 1. The number of halogens is 1. The van der Waals surface area contributed by atoms with E-state index in [1.54, 1.807) is 30.8 Å². The van der Waals surface area contributed by atoms with E-state index in [1.807, 2.05) is 24.3 Å². The molecule has 1 aliphatic rings. The number of methoxy groups -OCH3 is 1. The van der Waals surface area contributed by atoms with E-state index in [2.05, 4.69) is 15.4 Å². The Balaban J connectivity index is 1.86. The number of allylic oxidation sites excluding steroid dienone is 1. The number of nitrogens with two attached hydrogens (primary N) is 1. The highest BCUT2D eigenvalue weighted by atomic mass is 19.1. The van der Waals surface area contributed by atoms with E-state index in [0.717, 1.165) is 5.56 Å². The van der Waals surface area contributed by atoms with Gasteiger partial charge in [0.15, 0.2) is 5.82 Å². The van der Waals surface area contributed by atoms with E-state index < -0.39 is 11.9 Å². The molecular formula is C20H18FN5O2. The molecule has 0 spiro atoms. The summed E-state index contributed by atoms with van der Waals surface area (Å²) in [6, 6.07) is 12.6. The van der Waals surface area contributed by atoms with Crippen LogP contribution in [-0.2, 0) is 4.79 Å². The molecule has 7 nitrogen and oxygen atoms in total. The maximum absolute atomic E-state index is 13.4. The average Bonchev–Trinajstić information content (AvgIpc) is 3.11. The number of hydrogen-bond acceptors (Lipinski definition) is 5. The fraction of sp³-hybridized carbons (Fsp3) is 0.150. The molecule has 8 heteroatoms. The smallest absolute Gasteiger partial charge is 0.248 e. The predicted octanol–water partition coefficient (Wildman–Crippen LogP) is 2.87. The van der Waals surface area contributed by atoms with Gasteiger partial charge in [-0.2, -0.15) is 4.98 Å². The molecule has 1 amide bonds. The number of carbonyl (C=O) groups excluding carboxylic acids is 1. The van der Waals surface area contributed by atoms with Crippen molar-refractivity contribution in [2.45, 2.75) is 13.0 Å². The van der Waals surface area contributed by atoms with Crippen LogP contribution in [0.25, 0.3) is 11.4 Å². The van der Waals surface area contributed by atoms with Crippen LogP contribution in [0.5, 0.6) is 5.75 Å². The number of nitrogens with zero attached hydrogens (tertiary/aromatic N) is 3. The second-order valence-electron chi connectivity index (χ2n) is 6.42. The largest absolute Gasteiger partial charge is 0.497 e. The Kier molecular flexibility index (Phi) is 4.31. The summed E-state index contributed by atoms with van der Waals surface area (Å²) in [6.45, 7) is 1.75. The summed E-state index contributed by atoms with van der Waals surface area (Å²) >= 11 is 0. The van der Waals surface area contributed by atoms with E-state index in [0.29, 0.717) is 34.4 Å². The molecule has 1 aliphatic heterocycles. The van der Waals surface area contributed by atoms with Gasteiger partial charge in [0.2, 0.25) is 11.9 Å². The molecule has 2 heterocycles. The molecule has 0 radical (unpaired) electrons. The molecule has 0 saturated heterocycles. The molecular weight excluding hydrogens is 361 g/mol. The van der Waals surface area contributed by atoms with Gasteiger partial charge < -0.3 is 15.8 Å². The first-order valence-corrected chi connectivity index (χ1v) is 8.62. The zero-order valence-electron chi connectivity index (χ0n) is 15.3. The van der Waals surface area contributed by atoms with Crippen LogP contribution in [0, 0.1) is 5.82 Å². The molecule has 1 atom stereocenters.